The van der Waals surface area contributed by atoms with Gasteiger partial charge in [-0.05, 0) is 30.2 Å². The third kappa shape index (κ3) is 5.54. The molecular formula is C17H20N2O3. The number of nitrogens with one attached hydrogen (secondary N) is 1. The van der Waals surface area contributed by atoms with Gasteiger partial charge in [-0.2, -0.15) is 0 Å². The van der Waals surface area contributed by atoms with Gasteiger partial charge in [-0.15, -0.1) is 0 Å². The van der Waals surface area contributed by atoms with E-state index >= 15 is 0 Å². The summed E-state index contributed by atoms with van der Waals surface area (Å²) in [5.41, 5.74) is 1.89. The molecule has 0 aliphatic heterocycles. The van der Waals surface area contributed by atoms with E-state index in [9.17, 15) is 4.79 Å². The lowest BCUT2D eigenvalue weighted by molar-refractivity contribution is -0.120. The number of carbonyl (C=O) groups excluding carboxylic acids is 1. The molecule has 2 aromatic rings. The number of aromatic nitrogens is 1. The van der Waals surface area contributed by atoms with E-state index in [1.807, 2.05) is 36.4 Å². The number of ether oxygens (including phenoxy) is 1. The molecule has 5 nitrogen and oxygen atoms in total. The Morgan fingerprint density at radius 2 is 2.09 bits per heavy atom. The molecule has 0 unspecified atom stereocenters. The Hall–Kier alpha value is -2.40. The Labute approximate surface area is 130 Å². The number of carbonyl (C=O) groups is 1. The molecule has 0 bridgehead atoms. The van der Waals surface area contributed by atoms with E-state index < -0.39 is 0 Å². The fourth-order valence-corrected chi connectivity index (χ4v) is 1.95. The largest absolute Gasteiger partial charge is 0.489 e. The maximum absolute atomic E-state index is 11.7. The van der Waals surface area contributed by atoms with E-state index in [4.69, 9.17) is 9.84 Å². The van der Waals surface area contributed by atoms with Crippen molar-refractivity contribution >= 4 is 5.91 Å². The summed E-state index contributed by atoms with van der Waals surface area (Å²) in [5.74, 6) is 0.669. The summed E-state index contributed by atoms with van der Waals surface area (Å²) < 4.78 is 5.71. The summed E-state index contributed by atoms with van der Waals surface area (Å²) in [6.07, 6.45) is 4.35. The Morgan fingerprint density at radius 1 is 1.23 bits per heavy atom. The third-order valence-electron chi connectivity index (χ3n) is 3.05. The van der Waals surface area contributed by atoms with E-state index in [0.717, 1.165) is 16.9 Å². The Kier molecular flexibility index (Phi) is 6.39. The molecule has 0 fully saturated rings. The maximum Gasteiger partial charge on any atom is 0.224 e. The summed E-state index contributed by atoms with van der Waals surface area (Å²) in [6.45, 7) is 1.02. The molecule has 0 aliphatic carbocycles. The van der Waals surface area contributed by atoms with Crippen molar-refractivity contribution in [3.63, 3.8) is 0 Å². The van der Waals surface area contributed by atoms with Crippen LogP contribution < -0.4 is 10.1 Å². The SMILES string of the molecule is O=C(Cc1cccc(OCc2cccnc2)c1)NCCCO. The minimum Gasteiger partial charge on any atom is -0.489 e. The van der Waals surface area contributed by atoms with Gasteiger partial charge in [0.1, 0.15) is 12.4 Å². The van der Waals surface area contributed by atoms with Gasteiger partial charge >= 0.3 is 0 Å². The number of rotatable bonds is 8. The first-order valence-electron chi connectivity index (χ1n) is 7.26. The first kappa shape index (κ1) is 16.0. The van der Waals surface area contributed by atoms with Crippen LogP contribution in [0.25, 0.3) is 0 Å². The fraction of sp³-hybridized carbons (Fsp3) is 0.294. The van der Waals surface area contributed by atoms with Crippen molar-refractivity contribution < 1.29 is 14.6 Å². The molecule has 0 atom stereocenters. The highest BCUT2D eigenvalue weighted by atomic mass is 16.5. The highest BCUT2D eigenvalue weighted by molar-refractivity contribution is 5.78. The van der Waals surface area contributed by atoms with Gasteiger partial charge in [0.25, 0.3) is 0 Å². The standard InChI is InChI=1S/C17H20N2O3/c20-9-3-8-19-17(21)11-14-4-1-6-16(10-14)22-13-15-5-2-7-18-12-15/h1-2,4-7,10,12,20H,3,8-9,11,13H2,(H,19,21). The highest BCUT2D eigenvalue weighted by Crippen LogP contribution is 2.15. The van der Waals surface area contributed by atoms with Crippen molar-refractivity contribution in [1.29, 1.82) is 0 Å². The predicted octanol–water partition coefficient (Wildman–Crippen LogP) is 1.70. The minimum absolute atomic E-state index is 0.0575. The molecule has 0 saturated heterocycles. The molecule has 2 N–H and O–H groups in total. The van der Waals surface area contributed by atoms with Gasteiger partial charge in [0, 0.05) is 31.1 Å². The van der Waals surface area contributed by atoms with Gasteiger partial charge in [-0.1, -0.05) is 18.2 Å². The summed E-state index contributed by atoms with van der Waals surface area (Å²) >= 11 is 0. The van der Waals surface area contributed by atoms with Gasteiger partial charge in [0.2, 0.25) is 5.91 Å². The summed E-state index contributed by atoms with van der Waals surface area (Å²) in [4.78, 5) is 15.8. The van der Waals surface area contributed by atoms with Crippen molar-refractivity contribution in [3.8, 4) is 5.75 Å². The Bertz CT molecular complexity index is 587. The third-order valence-corrected chi connectivity index (χ3v) is 3.05. The number of amides is 1. The van der Waals surface area contributed by atoms with Crippen LogP contribution in [0.4, 0.5) is 0 Å². The zero-order chi connectivity index (χ0) is 15.6. The molecule has 1 amide bonds. The molecular weight excluding hydrogens is 280 g/mol. The van der Waals surface area contributed by atoms with Crippen LogP contribution >= 0.6 is 0 Å². The quantitative estimate of drug-likeness (QED) is 0.728. The van der Waals surface area contributed by atoms with Crippen molar-refractivity contribution in [3.05, 3.63) is 59.9 Å². The van der Waals surface area contributed by atoms with Crippen molar-refractivity contribution in [2.75, 3.05) is 13.2 Å². The number of aliphatic hydroxyl groups is 1. The van der Waals surface area contributed by atoms with Crippen LogP contribution in [0, 0.1) is 0 Å². The topological polar surface area (TPSA) is 71.5 Å². The minimum atomic E-state index is -0.0575. The average Bonchev–Trinajstić information content (AvgIpc) is 2.54. The molecule has 0 radical (unpaired) electrons. The predicted molar refractivity (Wildman–Crippen MR) is 83.4 cm³/mol. The number of benzene rings is 1. The van der Waals surface area contributed by atoms with E-state index in [0.29, 0.717) is 26.0 Å². The van der Waals surface area contributed by atoms with E-state index in [1.165, 1.54) is 0 Å². The van der Waals surface area contributed by atoms with Gasteiger partial charge in [-0.25, -0.2) is 0 Å². The molecule has 2 rings (SSSR count). The molecule has 0 spiro atoms. The molecule has 1 aromatic heterocycles. The molecule has 1 aromatic carbocycles. The van der Waals surface area contributed by atoms with Gasteiger partial charge in [0.05, 0.1) is 6.42 Å². The summed E-state index contributed by atoms with van der Waals surface area (Å²) in [6, 6.07) is 11.3. The van der Waals surface area contributed by atoms with Crippen molar-refractivity contribution in [2.45, 2.75) is 19.4 Å². The molecule has 0 saturated carbocycles. The van der Waals surface area contributed by atoms with Crippen LogP contribution in [-0.4, -0.2) is 29.1 Å². The second-order valence-corrected chi connectivity index (χ2v) is 4.90. The number of hydrogen-bond acceptors (Lipinski definition) is 4. The van der Waals surface area contributed by atoms with Crippen LogP contribution in [-0.2, 0) is 17.8 Å². The second-order valence-electron chi connectivity index (χ2n) is 4.90. The van der Waals surface area contributed by atoms with Crippen LogP contribution in [0.3, 0.4) is 0 Å². The molecule has 0 aliphatic rings. The fourth-order valence-electron chi connectivity index (χ4n) is 1.95. The average molecular weight is 300 g/mol. The van der Waals surface area contributed by atoms with E-state index in [-0.39, 0.29) is 12.5 Å². The smallest absolute Gasteiger partial charge is 0.224 e. The van der Waals surface area contributed by atoms with Crippen molar-refractivity contribution in [2.24, 2.45) is 0 Å². The van der Waals surface area contributed by atoms with Crippen LogP contribution in [0.5, 0.6) is 5.75 Å². The summed E-state index contributed by atoms with van der Waals surface area (Å²) in [5, 5.41) is 11.4. The van der Waals surface area contributed by atoms with Crippen molar-refractivity contribution in [1.82, 2.24) is 10.3 Å². The van der Waals surface area contributed by atoms with E-state index in [2.05, 4.69) is 10.3 Å². The van der Waals surface area contributed by atoms with Crippen LogP contribution in [0.2, 0.25) is 0 Å². The lowest BCUT2D eigenvalue weighted by Crippen LogP contribution is -2.26. The number of nitrogens with zero attached hydrogens (tertiary/aromatic N) is 1. The second kappa shape index (κ2) is 8.79. The number of hydrogen-bond donors (Lipinski definition) is 2. The lowest BCUT2D eigenvalue weighted by Gasteiger charge is -2.08. The highest BCUT2D eigenvalue weighted by Gasteiger charge is 2.04. The maximum atomic E-state index is 11.7. The van der Waals surface area contributed by atoms with Crippen LogP contribution in [0.1, 0.15) is 17.5 Å². The van der Waals surface area contributed by atoms with Crippen LogP contribution in [0.15, 0.2) is 48.8 Å². The lowest BCUT2D eigenvalue weighted by atomic mass is 10.1. The molecule has 1 heterocycles. The summed E-state index contributed by atoms with van der Waals surface area (Å²) in [7, 11) is 0. The normalized spacial score (nSPS) is 10.2. The molecule has 116 valence electrons. The monoisotopic (exact) mass is 300 g/mol. The van der Waals surface area contributed by atoms with Gasteiger partial charge in [0.15, 0.2) is 0 Å². The molecule has 22 heavy (non-hydrogen) atoms. The Balaban J connectivity index is 1.85. The zero-order valence-corrected chi connectivity index (χ0v) is 12.4. The zero-order valence-electron chi connectivity index (χ0n) is 12.4. The van der Waals surface area contributed by atoms with E-state index in [1.54, 1.807) is 12.4 Å². The van der Waals surface area contributed by atoms with Gasteiger partial charge in [-0.3, -0.25) is 9.78 Å². The first-order chi connectivity index (χ1) is 10.8. The first-order valence-corrected chi connectivity index (χ1v) is 7.26. The molecule has 5 heteroatoms. The number of pyridine rings is 1. The number of aliphatic hydroxyl groups excluding tert-OH is 1. The Morgan fingerprint density at radius 3 is 2.86 bits per heavy atom. The van der Waals surface area contributed by atoms with Gasteiger partial charge < -0.3 is 15.2 Å².